The van der Waals surface area contributed by atoms with Crippen LogP contribution >= 0.6 is 23.5 Å². The average molecular weight is 389 g/mol. The molecule has 2 heterocycles. The molecule has 0 unspecified atom stereocenters. The maximum absolute atomic E-state index is 12.5. The molecule has 1 amide bonds. The van der Waals surface area contributed by atoms with E-state index in [1.165, 1.54) is 17.3 Å². The first-order chi connectivity index (χ1) is 12.7. The van der Waals surface area contributed by atoms with Crippen molar-refractivity contribution in [1.29, 1.82) is 0 Å². The van der Waals surface area contributed by atoms with E-state index in [4.69, 9.17) is 0 Å². The van der Waals surface area contributed by atoms with Crippen molar-refractivity contribution < 1.29 is 4.79 Å². The van der Waals surface area contributed by atoms with Crippen LogP contribution < -0.4 is 0 Å². The van der Waals surface area contributed by atoms with Gasteiger partial charge in [0.1, 0.15) is 10.1 Å². The number of thioether (sulfide) groups is 1. The van der Waals surface area contributed by atoms with Crippen LogP contribution in [0.4, 0.5) is 0 Å². The molecule has 2 aromatic rings. The lowest BCUT2D eigenvalue weighted by atomic mass is 10.2. The van der Waals surface area contributed by atoms with Crippen molar-refractivity contribution in [2.45, 2.75) is 28.8 Å². The van der Waals surface area contributed by atoms with Gasteiger partial charge >= 0.3 is 0 Å². The van der Waals surface area contributed by atoms with Gasteiger partial charge < -0.3 is 9.80 Å². The number of aryl methyl sites for hydroxylation is 1. The zero-order valence-corrected chi connectivity index (χ0v) is 16.9. The summed E-state index contributed by atoms with van der Waals surface area (Å²) in [5.74, 6) is 0.592. The standard InChI is InChI=1S/C19H24N4OS2/c1-3-22-10-12-23(13-11-22)17(24)14-25-18-19(21-9-8-20-18)26-16-7-5-4-6-15(16)2/h4-9H,3,10-14H2,1-2H3. The number of benzene rings is 1. The second-order valence-electron chi connectivity index (χ2n) is 6.14. The molecular weight excluding hydrogens is 364 g/mol. The molecule has 0 spiro atoms. The molecule has 7 heteroatoms. The Balaban J connectivity index is 1.60. The summed E-state index contributed by atoms with van der Waals surface area (Å²) in [5.41, 5.74) is 1.21. The lowest BCUT2D eigenvalue weighted by Gasteiger charge is -2.34. The highest BCUT2D eigenvalue weighted by Gasteiger charge is 2.21. The van der Waals surface area contributed by atoms with Crippen LogP contribution in [0.15, 0.2) is 51.6 Å². The third-order valence-electron chi connectivity index (χ3n) is 4.44. The number of piperazine rings is 1. The molecule has 1 fully saturated rings. The summed E-state index contributed by atoms with van der Waals surface area (Å²) in [6, 6.07) is 8.23. The smallest absolute Gasteiger partial charge is 0.233 e. The van der Waals surface area contributed by atoms with Gasteiger partial charge in [0.25, 0.3) is 0 Å². The zero-order chi connectivity index (χ0) is 18.4. The zero-order valence-electron chi connectivity index (χ0n) is 15.2. The summed E-state index contributed by atoms with van der Waals surface area (Å²) in [6.07, 6.45) is 3.39. The molecule has 3 rings (SSSR count). The van der Waals surface area contributed by atoms with Gasteiger partial charge in [-0.1, -0.05) is 48.6 Å². The average Bonchev–Trinajstić information content (AvgIpc) is 2.69. The van der Waals surface area contributed by atoms with Crippen LogP contribution in [-0.2, 0) is 4.79 Å². The van der Waals surface area contributed by atoms with Crippen LogP contribution in [-0.4, -0.2) is 64.2 Å². The molecular formula is C19H24N4OS2. The first-order valence-electron chi connectivity index (χ1n) is 8.84. The van der Waals surface area contributed by atoms with Crippen molar-refractivity contribution in [3.8, 4) is 0 Å². The maximum atomic E-state index is 12.5. The summed E-state index contributed by atoms with van der Waals surface area (Å²) < 4.78 is 0. The van der Waals surface area contributed by atoms with E-state index in [9.17, 15) is 4.79 Å². The first-order valence-corrected chi connectivity index (χ1v) is 10.6. The molecule has 1 aliphatic rings. The van der Waals surface area contributed by atoms with Gasteiger partial charge in [0.15, 0.2) is 0 Å². The van der Waals surface area contributed by atoms with E-state index >= 15 is 0 Å². The van der Waals surface area contributed by atoms with Crippen molar-refractivity contribution in [2.24, 2.45) is 0 Å². The van der Waals surface area contributed by atoms with Crippen molar-refractivity contribution in [1.82, 2.24) is 19.8 Å². The third kappa shape index (κ3) is 4.99. The number of likely N-dealkylation sites (N-methyl/N-ethyl adjacent to an activating group) is 1. The highest BCUT2D eigenvalue weighted by molar-refractivity contribution is 8.02. The molecule has 1 aromatic heterocycles. The van der Waals surface area contributed by atoms with Crippen LogP contribution in [0.3, 0.4) is 0 Å². The number of nitrogens with zero attached hydrogens (tertiary/aromatic N) is 4. The molecule has 0 radical (unpaired) electrons. The SMILES string of the molecule is CCN1CCN(C(=O)CSc2nccnc2Sc2ccccc2C)CC1. The van der Waals surface area contributed by atoms with E-state index in [1.54, 1.807) is 24.2 Å². The summed E-state index contributed by atoms with van der Waals surface area (Å²) in [4.78, 5) is 26.9. The predicted octanol–water partition coefficient (Wildman–Crippen LogP) is 3.19. The molecule has 0 atom stereocenters. The minimum Gasteiger partial charge on any atom is -0.339 e. The quantitative estimate of drug-likeness (QED) is 0.709. The van der Waals surface area contributed by atoms with Gasteiger partial charge in [-0.15, -0.1) is 0 Å². The fourth-order valence-corrected chi connectivity index (χ4v) is 4.69. The topological polar surface area (TPSA) is 49.3 Å². The largest absolute Gasteiger partial charge is 0.339 e. The molecule has 138 valence electrons. The third-order valence-corrected chi connectivity index (χ3v) is 6.70. The monoisotopic (exact) mass is 388 g/mol. The Morgan fingerprint density at radius 3 is 2.46 bits per heavy atom. The fourth-order valence-electron chi connectivity index (χ4n) is 2.79. The van der Waals surface area contributed by atoms with Gasteiger partial charge in [0.2, 0.25) is 5.91 Å². The normalized spacial score (nSPS) is 15.2. The Hall–Kier alpha value is -1.57. The summed E-state index contributed by atoms with van der Waals surface area (Å²) >= 11 is 3.09. The summed E-state index contributed by atoms with van der Waals surface area (Å²) in [7, 11) is 0. The van der Waals surface area contributed by atoms with Gasteiger partial charge in [-0.25, -0.2) is 9.97 Å². The van der Waals surface area contributed by atoms with Crippen LogP contribution in [0.1, 0.15) is 12.5 Å². The van der Waals surface area contributed by atoms with E-state index in [-0.39, 0.29) is 5.91 Å². The Labute approximate surface area is 163 Å². The van der Waals surface area contributed by atoms with Crippen molar-refractivity contribution in [3.63, 3.8) is 0 Å². The van der Waals surface area contributed by atoms with E-state index in [0.717, 1.165) is 47.7 Å². The van der Waals surface area contributed by atoms with Gasteiger partial charge in [-0.05, 0) is 25.1 Å². The van der Waals surface area contributed by atoms with Gasteiger partial charge in [0, 0.05) is 43.5 Å². The summed E-state index contributed by atoms with van der Waals surface area (Å²) in [5, 5.41) is 1.68. The number of aromatic nitrogens is 2. The summed E-state index contributed by atoms with van der Waals surface area (Å²) in [6.45, 7) is 8.87. The van der Waals surface area contributed by atoms with Gasteiger partial charge in [-0.2, -0.15) is 0 Å². The van der Waals surface area contributed by atoms with Crippen molar-refractivity contribution >= 4 is 29.4 Å². The molecule has 0 N–H and O–H groups in total. The molecule has 0 saturated carbocycles. The Bertz CT molecular complexity index is 748. The molecule has 1 aliphatic heterocycles. The molecule has 5 nitrogen and oxygen atoms in total. The molecule has 0 aliphatic carbocycles. The van der Waals surface area contributed by atoms with Crippen LogP contribution in [0.5, 0.6) is 0 Å². The number of carbonyl (C=O) groups excluding carboxylic acids is 1. The van der Waals surface area contributed by atoms with Gasteiger partial charge in [0.05, 0.1) is 5.75 Å². The maximum Gasteiger partial charge on any atom is 0.233 e. The molecule has 0 bridgehead atoms. The number of carbonyl (C=O) groups is 1. The number of hydrogen-bond acceptors (Lipinski definition) is 6. The first kappa shape index (κ1) is 19.2. The van der Waals surface area contributed by atoms with Crippen molar-refractivity contribution in [2.75, 3.05) is 38.5 Å². The van der Waals surface area contributed by atoms with Crippen LogP contribution in [0, 0.1) is 6.92 Å². The minimum absolute atomic E-state index is 0.184. The van der Waals surface area contributed by atoms with E-state index < -0.39 is 0 Å². The van der Waals surface area contributed by atoms with Gasteiger partial charge in [-0.3, -0.25) is 4.79 Å². The fraction of sp³-hybridized carbons (Fsp3) is 0.421. The number of amides is 1. The number of hydrogen-bond donors (Lipinski definition) is 0. The highest BCUT2D eigenvalue weighted by Crippen LogP contribution is 2.34. The van der Waals surface area contributed by atoms with Crippen LogP contribution in [0.2, 0.25) is 0 Å². The Morgan fingerprint density at radius 2 is 1.77 bits per heavy atom. The van der Waals surface area contributed by atoms with E-state index in [1.807, 2.05) is 17.0 Å². The second kappa shape index (κ2) is 9.39. The Kier molecular flexibility index (Phi) is 6.93. The van der Waals surface area contributed by atoms with Crippen LogP contribution in [0.25, 0.3) is 0 Å². The highest BCUT2D eigenvalue weighted by atomic mass is 32.2. The van der Waals surface area contributed by atoms with E-state index in [0.29, 0.717) is 5.75 Å². The molecule has 1 saturated heterocycles. The molecule has 26 heavy (non-hydrogen) atoms. The second-order valence-corrected chi connectivity index (χ2v) is 8.13. The molecule has 1 aromatic carbocycles. The van der Waals surface area contributed by atoms with E-state index in [2.05, 4.69) is 40.8 Å². The lowest BCUT2D eigenvalue weighted by molar-refractivity contribution is -0.130. The number of rotatable bonds is 6. The minimum atomic E-state index is 0.184. The van der Waals surface area contributed by atoms with Crippen molar-refractivity contribution in [3.05, 3.63) is 42.2 Å². The Morgan fingerprint density at radius 1 is 1.08 bits per heavy atom. The predicted molar refractivity (Wildman–Crippen MR) is 107 cm³/mol. The lowest BCUT2D eigenvalue weighted by Crippen LogP contribution is -2.49.